The molecule has 9 nitrogen and oxygen atoms in total. The van der Waals surface area contributed by atoms with Crippen LogP contribution in [0.25, 0.3) is 11.2 Å². The fraction of sp³-hybridized carbons (Fsp3) is 0.462. The van der Waals surface area contributed by atoms with Crippen molar-refractivity contribution in [3.05, 3.63) is 64.2 Å². The van der Waals surface area contributed by atoms with E-state index in [4.69, 9.17) is 5.73 Å². The van der Waals surface area contributed by atoms with Crippen LogP contribution in [0.4, 0.5) is 26.7 Å². The predicted molar refractivity (Wildman–Crippen MR) is 133 cm³/mol. The highest BCUT2D eigenvalue weighted by molar-refractivity contribution is 5.81. The number of carbonyl (C=O) groups excluding carboxylic acids is 2. The maximum absolute atomic E-state index is 14.7. The summed E-state index contributed by atoms with van der Waals surface area (Å²) in [5.74, 6) is -5.20. The second kappa shape index (κ2) is 10.5. The van der Waals surface area contributed by atoms with Crippen LogP contribution in [0.15, 0.2) is 41.3 Å². The first-order valence-electron chi connectivity index (χ1n) is 12.9. The van der Waals surface area contributed by atoms with Gasteiger partial charge in [0.15, 0.2) is 17.3 Å². The molecule has 2 aromatic heterocycles. The summed E-state index contributed by atoms with van der Waals surface area (Å²) < 4.78 is 70.8. The molecule has 40 heavy (non-hydrogen) atoms. The van der Waals surface area contributed by atoms with Crippen LogP contribution in [0.3, 0.4) is 0 Å². The third kappa shape index (κ3) is 5.26. The van der Waals surface area contributed by atoms with E-state index in [0.717, 1.165) is 6.07 Å². The summed E-state index contributed by atoms with van der Waals surface area (Å²) in [4.78, 5) is 47.8. The predicted octanol–water partition coefficient (Wildman–Crippen LogP) is 3.67. The number of piperidine rings is 1. The number of H-pyrrole nitrogens is 1. The number of fused-ring (bicyclic) bond motifs is 1. The first kappa shape index (κ1) is 27.6. The van der Waals surface area contributed by atoms with Gasteiger partial charge < -0.3 is 20.5 Å². The summed E-state index contributed by atoms with van der Waals surface area (Å²) in [6, 6.07) is 4.48. The van der Waals surface area contributed by atoms with Gasteiger partial charge in [-0.05, 0) is 49.4 Å². The number of carbonyl (C=O) groups is 2. The summed E-state index contributed by atoms with van der Waals surface area (Å²) in [5.41, 5.74) is 5.92. The maximum atomic E-state index is 14.7. The lowest BCUT2D eigenvalue weighted by Gasteiger charge is -2.42. The van der Waals surface area contributed by atoms with Gasteiger partial charge in [-0.25, -0.2) is 23.4 Å². The Morgan fingerprint density at radius 1 is 1.10 bits per heavy atom. The molecule has 3 aromatic rings. The number of hydrogen-bond donors (Lipinski definition) is 2. The van der Waals surface area contributed by atoms with Crippen LogP contribution >= 0.6 is 0 Å². The van der Waals surface area contributed by atoms with Crippen LogP contribution in [0.5, 0.6) is 0 Å². The van der Waals surface area contributed by atoms with Gasteiger partial charge >= 0.3 is 17.9 Å². The minimum Gasteiger partial charge on any atom is -0.351 e. The van der Waals surface area contributed by atoms with Crippen LogP contribution in [-0.4, -0.2) is 68.1 Å². The van der Waals surface area contributed by atoms with E-state index >= 15 is 0 Å². The third-order valence-electron chi connectivity index (χ3n) is 7.89. The number of nitrogens with zero attached hydrogens (tertiary/aromatic N) is 4. The average Bonchev–Trinajstić information content (AvgIpc) is 3.15. The quantitative estimate of drug-likeness (QED) is 0.469. The number of halogens is 5. The fourth-order valence-corrected chi connectivity index (χ4v) is 6.16. The molecule has 5 rings (SSSR count). The summed E-state index contributed by atoms with van der Waals surface area (Å²) in [6.45, 7) is -2.01. The second-order valence-electron chi connectivity index (χ2n) is 10.3. The Balaban J connectivity index is 1.51. The largest absolute Gasteiger partial charge is 0.406 e. The summed E-state index contributed by atoms with van der Waals surface area (Å²) in [5, 5.41) is 0. The molecule has 1 aromatic carbocycles. The topological polar surface area (TPSA) is 117 Å². The van der Waals surface area contributed by atoms with Crippen molar-refractivity contribution >= 4 is 23.1 Å². The molecule has 2 fully saturated rings. The van der Waals surface area contributed by atoms with Crippen LogP contribution < -0.4 is 11.4 Å². The monoisotopic (exact) mass is 566 g/mol. The number of benzene rings is 1. The van der Waals surface area contributed by atoms with Crippen molar-refractivity contribution in [3.63, 3.8) is 0 Å². The maximum Gasteiger partial charge on any atom is 0.406 e. The molecular formula is C26H27F5N6O3. The minimum atomic E-state index is -4.75. The van der Waals surface area contributed by atoms with E-state index in [9.17, 15) is 36.3 Å². The van der Waals surface area contributed by atoms with Crippen LogP contribution in [0.1, 0.15) is 43.2 Å². The Morgan fingerprint density at radius 3 is 2.60 bits per heavy atom. The molecule has 14 heteroatoms. The van der Waals surface area contributed by atoms with Crippen LogP contribution in [0, 0.1) is 17.6 Å². The molecule has 0 radical (unpaired) electrons. The Labute approximate surface area is 224 Å². The van der Waals surface area contributed by atoms with E-state index in [1.807, 2.05) is 0 Å². The molecule has 4 atom stereocenters. The first-order valence-corrected chi connectivity index (χ1v) is 12.9. The molecular weight excluding hydrogens is 539 g/mol. The molecule has 2 aliphatic rings. The lowest BCUT2D eigenvalue weighted by molar-refractivity contribution is -0.164. The van der Waals surface area contributed by atoms with Crippen molar-refractivity contribution in [1.29, 1.82) is 0 Å². The van der Waals surface area contributed by atoms with Gasteiger partial charge in [0.2, 0.25) is 5.91 Å². The Kier molecular flexibility index (Phi) is 7.27. The molecule has 3 N–H and O–H groups in total. The molecule has 2 saturated heterocycles. The number of rotatable bonds is 4. The number of aromatic nitrogens is 3. The molecule has 2 aliphatic heterocycles. The number of amides is 3. The number of pyridine rings is 1. The summed E-state index contributed by atoms with van der Waals surface area (Å²) in [6.07, 6.45) is -2.83. The van der Waals surface area contributed by atoms with Gasteiger partial charge in [-0.3, -0.25) is 9.36 Å². The van der Waals surface area contributed by atoms with Gasteiger partial charge in [-0.15, -0.1) is 0 Å². The highest BCUT2D eigenvalue weighted by Gasteiger charge is 2.46. The number of primary amides is 1. The Bertz CT molecular complexity index is 1490. The van der Waals surface area contributed by atoms with E-state index in [0.29, 0.717) is 22.5 Å². The SMILES string of the molecule is NC(=O)N1CCC(n2c(=O)[nH]c3cccnc32)CC1C1CCC(c2cccc(F)c2F)CN(CC(F)(F)F)C1=O. The smallest absolute Gasteiger partial charge is 0.351 e. The summed E-state index contributed by atoms with van der Waals surface area (Å²) >= 11 is 0. The van der Waals surface area contributed by atoms with E-state index in [2.05, 4.69) is 9.97 Å². The molecule has 4 heterocycles. The van der Waals surface area contributed by atoms with E-state index in [-0.39, 0.29) is 31.4 Å². The van der Waals surface area contributed by atoms with Crippen molar-refractivity contribution in [1.82, 2.24) is 24.3 Å². The van der Waals surface area contributed by atoms with E-state index in [1.54, 1.807) is 12.1 Å². The molecule has 0 saturated carbocycles. The number of imidazole rings is 1. The number of hydrogen-bond acceptors (Lipinski definition) is 4. The normalized spacial score (nSPS) is 24.4. The molecule has 4 unspecified atom stereocenters. The van der Waals surface area contributed by atoms with Gasteiger partial charge in [-0.1, -0.05) is 12.1 Å². The number of nitrogens with two attached hydrogens (primary N) is 1. The van der Waals surface area contributed by atoms with E-state index in [1.165, 1.54) is 27.8 Å². The minimum absolute atomic E-state index is 0.00396. The van der Waals surface area contributed by atoms with E-state index < -0.39 is 72.4 Å². The van der Waals surface area contributed by atoms with Gasteiger partial charge in [0, 0.05) is 37.3 Å². The lowest BCUT2D eigenvalue weighted by atomic mass is 9.83. The van der Waals surface area contributed by atoms with Gasteiger partial charge in [0.1, 0.15) is 6.54 Å². The molecule has 3 amide bonds. The second-order valence-corrected chi connectivity index (χ2v) is 10.3. The van der Waals surface area contributed by atoms with Crippen molar-refractivity contribution in [2.45, 2.75) is 49.9 Å². The number of nitrogens with one attached hydrogen (secondary N) is 1. The van der Waals surface area contributed by atoms with Crippen LogP contribution in [0.2, 0.25) is 0 Å². The number of alkyl halides is 3. The standard InChI is InChI=1S/C26H27F5N6O3/c27-18-4-1-3-16(21(18)28)14-6-7-17(23(38)35(12-14)13-26(29,30)31)20-11-15(8-10-36(20)24(32)39)37-22-19(34-25(37)40)5-2-9-33-22/h1-5,9,14-15,17,20H,6-8,10-13H2,(H2,32,39)(H,34,40). The third-order valence-corrected chi connectivity index (χ3v) is 7.89. The number of aromatic amines is 1. The molecule has 0 bridgehead atoms. The van der Waals surface area contributed by atoms with Gasteiger partial charge in [0.05, 0.1) is 11.4 Å². The fourth-order valence-electron chi connectivity index (χ4n) is 6.16. The zero-order chi connectivity index (χ0) is 28.8. The molecule has 214 valence electrons. The number of likely N-dealkylation sites (tertiary alicyclic amines) is 2. The first-order chi connectivity index (χ1) is 18.9. The van der Waals surface area contributed by atoms with Crippen LogP contribution in [-0.2, 0) is 4.79 Å². The molecule has 0 spiro atoms. The van der Waals surface area contributed by atoms with Gasteiger partial charge in [0.25, 0.3) is 0 Å². The Hall–Kier alpha value is -3.97. The average molecular weight is 567 g/mol. The molecule has 0 aliphatic carbocycles. The highest BCUT2D eigenvalue weighted by atomic mass is 19.4. The lowest BCUT2D eigenvalue weighted by Crippen LogP contribution is -2.56. The van der Waals surface area contributed by atoms with Crippen molar-refractivity contribution in [3.8, 4) is 0 Å². The van der Waals surface area contributed by atoms with Crippen molar-refractivity contribution < 1.29 is 31.5 Å². The summed E-state index contributed by atoms with van der Waals surface area (Å²) in [7, 11) is 0. The van der Waals surface area contributed by atoms with Crippen molar-refractivity contribution in [2.24, 2.45) is 11.7 Å². The number of urea groups is 1. The highest BCUT2D eigenvalue weighted by Crippen LogP contribution is 2.39. The van der Waals surface area contributed by atoms with Gasteiger partial charge in [-0.2, -0.15) is 13.2 Å². The zero-order valence-corrected chi connectivity index (χ0v) is 21.2. The zero-order valence-electron chi connectivity index (χ0n) is 21.2. The van der Waals surface area contributed by atoms with Crippen molar-refractivity contribution in [2.75, 3.05) is 19.6 Å². The Morgan fingerprint density at radius 2 is 1.88 bits per heavy atom.